The number of hydrogen-bond acceptors (Lipinski definition) is 5. The van der Waals surface area contributed by atoms with Crippen molar-refractivity contribution in [1.82, 2.24) is 10.4 Å². The second-order valence-corrected chi connectivity index (χ2v) is 8.11. The maximum Gasteiger partial charge on any atom is 0.272 e. The van der Waals surface area contributed by atoms with Crippen LogP contribution in [-0.2, 0) is 0 Å². The monoisotopic (exact) mass is 467 g/mol. The van der Waals surface area contributed by atoms with Gasteiger partial charge in [0.15, 0.2) is 11.5 Å². The number of hydrogen-bond donors (Lipinski definition) is 1. The van der Waals surface area contributed by atoms with E-state index in [-0.39, 0.29) is 12.0 Å². The van der Waals surface area contributed by atoms with Gasteiger partial charge in [-0.1, -0.05) is 55.5 Å². The van der Waals surface area contributed by atoms with Crippen molar-refractivity contribution in [3.63, 3.8) is 0 Å². The number of benzene rings is 3. The number of rotatable bonds is 9. The number of hydrazone groups is 1. The van der Waals surface area contributed by atoms with Gasteiger partial charge in [-0.05, 0) is 56.2 Å². The fourth-order valence-corrected chi connectivity index (χ4v) is 3.62. The van der Waals surface area contributed by atoms with Gasteiger partial charge in [-0.25, -0.2) is 10.4 Å². The van der Waals surface area contributed by atoms with E-state index in [1.807, 2.05) is 86.6 Å². The number of ether oxygens (including phenoxy) is 2. The largest absolute Gasteiger partial charge is 0.490 e. The molecule has 1 N–H and O–H groups in total. The first-order chi connectivity index (χ1) is 17.1. The van der Waals surface area contributed by atoms with Gasteiger partial charge in [-0.2, -0.15) is 5.10 Å². The maximum atomic E-state index is 13.1. The molecule has 0 saturated heterocycles. The van der Waals surface area contributed by atoms with Crippen molar-refractivity contribution < 1.29 is 14.3 Å². The molecule has 0 spiro atoms. The van der Waals surface area contributed by atoms with Crippen molar-refractivity contribution in [2.75, 3.05) is 6.61 Å². The quantitative estimate of drug-likeness (QED) is 0.234. The summed E-state index contributed by atoms with van der Waals surface area (Å²) in [6.07, 6.45) is 2.58. The van der Waals surface area contributed by atoms with Crippen molar-refractivity contribution in [2.45, 2.75) is 33.3 Å². The Hall–Kier alpha value is -4.19. The van der Waals surface area contributed by atoms with E-state index in [2.05, 4.69) is 17.5 Å². The third kappa shape index (κ3) is 5.84. The van der Waals surface area contributed by atoms with E-state index in [1.54, 1.807) is 12.3 Å². The van der Waals surface area contributed by atoms with E-state index in [1.165, 1.54) is 0 Å². The summed E-state index contributed by atoms with van der Waals surface area (Å²) in [6, 6.07) is 24.8. The van der Waals surface area contributed by atoms with E-state index >= 15 is 0 Å². The zero-order valence-corrected chi connectivity index (χ0v) is 20.2. The third-order valence-corrected chi connectivity index (χ3v) is 5.58. The van der Waals surface area contributed by atoms with Crippen LogP contribution >= 0.6 is 0 Å². The summed E-state index contributed by atoms with van der Waals surface area (Å²) in [4.78, 5) is 17.8. The van der Waals surface area contributed by atoms with Gasteiger partial charge in [0, 0.05) is 10.9 Å². The second kappa shape index (κ2) is 11.3. The van der Waals surface area contributed by atoms with Gasteiger partial charge in [-0.3, -0.25) is 4.79 Å². The lowest BCUT2D eigenvalue weighted by molar-refractivity contribution is 0.0956. The summed E-state index contributed by atoms with van der Waals surface area (Å²) >= 11 is 0. The Kier molecular flexibility index (Phi) is 7.73. The van der Waals surface area contributed by atoms with Crippen LogP contribution in [0, 0.1) is 0 Å². The first-order valence-corrected chi connectivity index (χ1v) is 11.8. The summed E-state index contributed by atoms with van der Waals surface area (Å²) in [5, 5.41) is 4.96. The Morgan fingerprint density at radius 1 is 1.00 bits per heavy atom. The highest BCUT2D eigenvalue weighted by Gasteiger charge is 2.14. The highest BCUT2D eigenvalue weighted by atomic mass is 16.5. The van der Waals surface area contributed by atoms with Crippen LogP contribution in [0.3, 0.4) is 0 Å². The highest BCUT2D eigenvalue weighted by Crippen LogP contribution is 2.29. The van der Waals surface area contributed by atoms with Gasteiger partial charge in [-0.15, -0.1) is 0 Å². The maximum absolute atomic E-state index is 13.1. The summed E-state index contributed by atoms with van der Waals surface area (Å²) in [5.41, 5.74) is 6.38. The lowest BCUT2D eigenvalue weighted by Crippen LogP contribution is -2.18. The number of pyridine rings is 1. The molecule has 3 aromatic carbocycles. The number of carbonyl (C=O) groups is 1. The molecule has 0 aliphatic carbocycles. The van der Waals surface area contributed by atoms with E-state index in [9.17, 15) is 4.79 Å². The van der Waals surface area contributed by atoms with Crippen LogP contribution in [0.5, 0.6) is 11.5 Å². The molecule has 1 atom stereocenters. The van der Waals surface area contributed by atoms with Gasteiger partial charge in [0.05, 0.1) is 35.7 Å². The van der Waals surface area contributed by atoms with E-state index in [0.29, 0.717) is 23.7 Å². The molecule has 6 nitrogen and oxygen atoms in total. The molecule has 0 bridgehead atoms. The molecule has 4 aromatic rings. The van der Waals surface area contributed by atoms with Gasteiger partial charge in [0.25, 0.3) is 5.91 Å². The lowest BCUT2D eigenvalue weighted by atomic mass is 10.0. The Morgan fingerprint density at radius 3 is 2.54 bits per heavy atom. The van der Waals surface area contributed by atoms with Gasteiger partial charge < -0.3 is 9.47 Å². The van der Waals surface area contributed by atoms with Crippen molar-refractivity contribution in [1.29, 1.82) is 0 Å². The fourth-order valence-electron chi connectivity index (χ4n) is 3.62. The fraction of sp³-hybridized carbons (Fsp3) is 0.207. The summed E-state index contributed by atoms with van der Waals surface area (Å²) in [6.45, 7) is 6.54. The molecule has 178 valence electrons. The topological polar surface area (TPSA) is 72.8 Å². The molecule has 1 aromatic heterocycles. The minimum atomic E-state index is -0.307. The number of fused-ring (bicyclic) bond motifs is 1. The number of nitrogens with zero attached hydrogens (tertiary/aromatic N) is 2. The second-order valence-electron chi connectivity index (χ2n) is 8.11. The number of carbonyl (C=O) groups excluding carboxylic acids is 1. The number of amides is 1. The normalized spacial score (nSPS) is 12.0. The van der Waals surface area contributed by atoms with Crippen LogP contribution in [-0.4, -0.2) is 29.8 Å². The van der Waals surface area contributed by atoms with Crippen molar-refractivity contribution >= 4 is 23.0 Å². The van der Waals surface area contributed by atoms with Gasteiger partial charge in [0.1, 0.15) is 0 Å². The van der Waals surface area contributed by atoms with Crippen molar-refractivity contribution in [2.24, 2.45) is 5.10 Å². The first-order valence-electron chi connectivity index (χ1n) is 11.8. The predicted molar refractivity (Wildman–Crippen MR) is 140 cm³/mol. The molecule has 35 heavy (non-hydrogen) atoms. The van der Waals surface area contributed by atoms with Crippen LogP contribution in [0.1, 0.15) is 43.1 Å². The van der Waals surface area contributed by atoms with E-state index in [4.69, 9.17) is 14.5 Å². The van der Waals surface area contributed by atoms with Gasteiger partial charge >= 0.3 is 0 Å². The molecule has 6 heteroatoms. The Morgan fingerprint density at radius 2 is 1.77 bits per heavy atom. The molecule has 0 saturated carbocycles. The molecular weight excluding hydrogens is 438 g/mol. The average Bonchev–Trinajstić information content (AvgIpc) is 2.90. The van der Waals surface area contributed by atoms with Crippen molar-refractivity contribution in [3.8, 4) is 22.8 Å². The Bertz CT molecular complexity index is 1340. The molecule has 4 rings (SSSR count). The summed E-state index contributed by atoms with van der Waals surface area (Å²) in [5.74, 6) is 1.04. The highest BCUT2D eigenvalue weighted by molar-refractivity contribution is 6.07. The summed E-state index contributed by atoms with van der Waals surface area (Å²) in [7, 11) is 0. The molecular formula is C29H29N3O3. The van der Waals surface area contributed by atoms with Crippen LogP contribution in [0.2, 0.25) is 0 Å². The number of aromatic nitrogens is 1. The molecule has 0 unspecified atom stereocenters. The zero-order valence-electron chi connectivity index (χ0n) is 20.2. The molecule has 0 radical (unpaired) electrons. The van der Waals surface area contributed by atoms with Crippen LogP contribution in [0.4, 0.5) is 0 Å². The smallest absolute Gasteiger partial charge is 0.272 e. The number of para-hydroxylation sites is 1. The van der Waals surface area contributed by atoms with Gasteiger partial charge in [0.2, 0.25) is 0 Å². The molecule has 0 aliphatic heterocycles. The molecule has 0 aliphatic rings. The summed E-state index contributed by atoms with van der Waals surface area (Å²) < 4.78 is 11.7. The molecule has 1 heterocycles. The average molecular weight is 468 g/mol. The van der Waals surface area contributed by atoms with Crippen LogP contribution < -0.4 is 14.9 Å². The van der Waals surface area contributed by atoms with Crippen molar-refractivity contribution in [3.05, 3.63) is 90.0 Å². The zero-order chi connectivity index (χ0) is 24.6. The van der Waals surface area contributed by atoms with E-state index < -0.39 is 0 Å². The minimum absolute atomic E-state index is 0.0870. The van der Waals surface area contributed by atoms with Crippen LogP contribution in [0.15, 0.2) is 84.0 Å². The number of nitrogens with one attached hydrogen (secondary N) is 1. The molecule has 1 amide bonds. The van der Waals surface area contributed by atoms with E-state index in [0.717, 1.165) is 34.1 Å². The van der Waals surface area contributed by atoms with Crippen LogP contribution in [0.25, 0.3) is 22.2 Å². The minimum Gasteiger partial charge on any atom is -0.490 e. The first kappa shape index (κ1) is 24.0. The lowest BCUT2D eigenvalue weighted by Gasteiger charge is -2.16. The SMILES string of the molecule is CCOc1cc(/C=N/NC(=O)c2cc(-c3ccccc3)nc3ccccc23)ccc1O[C@H](C)CC. The predicted octanol–water partition coefficient (Wildman–Crippen LogP) is 6.24. The Labute approximate surface area is 205 Å². The molecule has 0 fully saturated rings. The standard InChI is InChI=1S/C29H29N3O3/c1-4-20(3)35-27-16-15-21(17-28(27)34-5-2)19-30-32-29(33)24-18-26(22-11-7-6-8-12-22)31-25-14-10-9-13-23(24)25/h6-20H,4-5H2,1-3H3,(H,32,33)/b30-19+/t20-/m1/s1. The Balaban J connectivity index is 1.57. The third-order valence-electron chi connectivity index (χ3n) is 5.58.